The third-order valence-electron chi connectivity index (χ3n) is 5.13. The minimum absolute atomic E-state index is 0.182. The molecular weight excluding hydrogens is 583 g/mol. The number of carbonyl (C=O) groups is 3. The van der Waals surface area contributed by atoms with Crippen molar-refractivity contribution in [1.29, 1.82) is 5.26 Å². The van der Waals surface area contributed by atoms with E-state index in [1.54, 1.807) is 37.3 Å². The van der Waals surface area contributed by atoms with Gasteiger partial charge in [0.15, 0.2) is 11.5 Å². The van der Waals surface area contributed by atoms with Gasteiger partial charge in [-0.05, 0) is 77.5 Å². The predicted octanol–water partition coefficient (Wildman–Crippen LogP) is 5.13. The molecule has 2 aromatic rings. The van der Waals surface area contributed by atoms with Gasteiger partial charge in [-0.3, -0.25) is 19.3 Å². The Morgan fingerprint density at radius 3 is 2.71 bits per heavy atom. The van der Waals surface area contributed by atoms with Crippen LogP contribution in [0.5, 0.6) is 11.5 Å². The number of imide groups is 1. The molecular formula is C25H23IN2O6S. The first-order valence-corrected chi connectivity index (χ1v) is 12.6. The molecule has 2 aromatic carbocycles. The van der Waals surface area contributed by atoms with E-state index in [0.717, 1.165) is 25.8 Å². The molecule has 1 fully saturated rings. The van der Waals surface area contributed by atoms with Crippen LogP contribution in [0, 0.1) is 14.9 Å². The van der Waals surface area contributed by atoms with Crippen LogP contribution < -0.4 is 9.47 Å². The standard InChI is InChI=1S/C25H23IN2O6S/c1-4-15(2)34-22(29)13-28-24(30)21(35-25(28)31)11-16-9-19(26)23(20(10-16)32-3)33-14-18-8-6-5-7-17(18)12-27/h5-11,15H,4,13-14H2,1-3H3/b21-11+/t15-/m1/s1. The van der Waals surface area contributed by atoms with Crippen LogP contribution >= 0.6 is 34.4 Å². The summed E-state index contributed by atoms with van der Waals surface area (Å²) in [7, 11) is 1.50. The zero-order valence-electron chi connectivity index (χ0n) is 19.4. The minimum Gasteiger partial charge on any atom is -0.493 e. The molecule has 0 unspecified atom stereocenters. The highest BCUT2D eigenvalue weighted by molar-refractivity contribution is 14.1. The highest BCUT2D eigenvalue weighted by Crippen LogP contribution is 2.37. The predicted molar refractivity (Wildman–Crippen MR) is 140 cm³/mol. The van der Waals surface area contributed by atoms with Crippen LogP contribution in [0.3, 0.4) is 0 Å². The molecule has 1 aliphatic rings. The van der Waals surface area contributed by atoms with Crippen molar-refractivity contribution in [3.63, 3.8) is 0 Å². The summed E-state index contributed by atoms with van der Waals surface area (Å²) in [5.74, 6) is -0.241. The van der Waals surface area contributed by atoms with Crippen LogP contribution in [0.25, 0.3) is 6.08 Å². The van der Waals surface area contributed by atoms with Crippen molar-refractivity contribution in [3.05, 3.63) is 61.6 Å². The Labute approximate surface area is 221 Å². The smallest absolute Gasteiger partial charge is 0.326 e. The van der Waals surface area contributed by atoms with Gasteiger partial charge in [0.05, 0.1) is 33.3 Å². The summed E-state index contributed by atoms with van der Waals surface area (Å²) < 4.78 is 17.4. The molecule has 0 aliphatic carbocycles. The van der Waals surface area contributed by atoms with Gasteiger partial charge in [0.25, 0.3) is 11.1 Å². The van der Waals surface area contributed by atoms with Crippen LogP contribution in [0.15, 0.2) is 41.3 Å². The number of rotatable bonds is 9. The molecule has 1 aliphatic heterocycles. The van der Waals surface area contributed by atoms with Crippen molar-refractivity contribution >= 4 is 57.5 Å². The van der Waals surface area contributed by atoms with Crippen molar-refractivity contribution in [2.24, 2.45) is 0 Å². The summed E-state index contributed by atoms with van der Waals surface area (Å²) in [5.41, 5.74) is 1.91. The Kier molecular flexibility index (Phi) is 9.17. The second-order valence-corrected chi connectivity index (χ2v) is 9.72. The molecule has 35 heavy (non-hydrogen) atoms. The van der Waals surface area contributed by atoms with Gasteiger partial charge >= 0.3 is 5.97 Å². The lowest BCUT2D eigenvalue weighted by Crippen LogP contribution is -2.35. The van der Waals surface area contributed by atoms with E-state index < -0.39 is 23.7 Å². The Morgan fingerprint density at radius 2 is 2.03 bits per heavy atom. The van der Waals surface area contributed by atoms with Gasteiger partial charge in [0, 0.05) is 5.56 Å². The Balaban J connectivity index is 1.78. The molecule has 8 nitrogen and oxygen atoms in total. The lowest BCUT2D eigenvalue weighted by atomic mass is 10.1. The van der Waals surface area contributed by atoms with Gasteiger partial charge in [-0.1, -0.05) is 25.1 Å². The first-order chi connectivity index (χ1) is 16.8. The average molecular weight is 606 g/mol. The summed E-state index contributed by atoms with van der Waals surface area (Å²) in [6, 6.07) is 12.8. The maximum absolute atomic E-state index is 12.8. The van der Waals surface area contributed by atoms with Crippen LogP contribution in [0.4, 0.5) is 4.79 Å². The number of halogens is 1. The molecule has 0 bridgehead atoms. The number of hydrogen-bond acceptors (Lipinski definition) is 8. The number of amides is 2. The van der Waals surface area contributed by atoms with Gasteiger partial charge in [0.2, 0.25) is 0 Å². The van der Waals surface area contributed by atoms with Crippen molar-refractivity contribution in [2.75, 3.05) is 13.7 Å². The van der Waals surface area contributed by atoms with Gasteiger partial charge in [-0.2, -0.15) is 5.26 Å². The summed E-state index contributed by atoms with van der Waals surface area (Å²) in [6.45, 7) is 3.37. The monoisotopic (exact) mass is 606 g/mol. The number of nitrogens with zero attached hydrogens (tertiary/aromatic N) is 2. The van der Waals surface area contributed by atoms with E-state index in [1.807, 2.05) is 19.1 Å². The lowest BCUT2D eigenvalue weighted by Gasteiger charge is -2.15. The molecule has 2 amide bonds. The van der Waals surface area contributed by atoms with Crippen LogP contribution in [-0.4, -0.2) is 41.8 Å². The number of thioether (sulfide) groups is 1. The van der Waals surface area contributed by atoms with Crippen molar-refractivity contribution in [2.45, 2.75) is 33.0 Å². The Morgan fingerprint density at radius 1 is 1.29 bits per heavy atom. The van der Waals surface area contributed by atoms with Gasteiger partial charge in [-0.15, -0.1) is 0 Å². The van der Waals surface area contributed by atoms with E-state index >= 15 is 0 Å². The molecule has 0 saturated carbocycles. The van der Waals surface area contributed by atoms with Gasteiger partial charge < -0.3 is 14.2 Å². The largest absolute Gasteiger partial charge is 0.493 e. The summed E-state index contributed by atoms with van der Waals surface area (Å²) in [5, 5.41) is 8.75. The second kappa shape index (κ2) is 12.1. The first kappa shape index (κ1) is 26.6. The van der Waals surface area contributed by atoms with E-state index in [2.05, 4.69) is 28.7 Å². The minimum atomic E-state index is -0.626. The summed E-state index contributed by atoms with van der Waals surface area (Å²) in [6.07, 6.45) is 1.92. The third kappa shape index (κ3) is 6.55. The molecule has 1 saturated heterocycles. The quantitative estimate of drug-likeness (QED) is 0.220. The topological polar surface area (TPSA) is 106 Å². The summed E-state index contributed by atoms with van der Waals surface area (Å²) >= 11 is 2.86. The number of carbonyl (C=O) groups excluding carboxylic acids is 3. The van der Waals surface area contributed by atoms with Crippen LogP contribution in [-0.2, 0) is 20.9 Å². The zero-order chi connectivity index (χ0) is 25.5. The molecule has 182 valence electrons. The van der Waals surface area contributed by atoms with E-state index in [0.29, 0.717) is 29.0 Å². The normalized spacial score (nSPS) is 15.2. The van der Waals surface area contributed by atoms with E-state index in [-0.39, 0.29) is 17.6 Å². The number of esters is 1. The Bertz CT molecular complexity index is 1220. The number of ether oxygens (including phenoxy) is 3. The first-order valence-electron chi connectivity index (χ1n) is 10.7. The average Bonchev–Trinajstić information content (AvgIpc) is 3.10. The molecule has 1 atom stereocenters. The van der Waals surface area contributed by atoms with E-state index in [9.17, 15) is 19.6 Å². The molecule has 0 N–H and O–H groups in total. The molecule has 0 radical (unpaired) electrons. The molecule has 0 aromatic heterocycles. The fraction of sp³-hybridized carbons (Fsp3) is 0.280. The molecule has 0 spiro atoms. The summed E-state index contributed by atoms with van der Waals surface area (Å²) in [4.78, 5) is 38.2. The second-order valence-electron chi connectivity index (χ2n) is 7.57. The maximum atomic E-state index is 12.8. The molecule has 10 heteroatoms. The highest BCUT2D eigenvalue weighted by Gasteiger charge is 2.37. The zero-order valence-corrected chi connectivity index (χ0v) is 22.3. The van der Waals surface area contributed by atoms with Crippen molar-refractivity contribution < 1.29 is 28.6 Å². The van der Waals surface area contributed by atoms with Gasteiger partial charge in [-0.25, -0.2) is 0 Å². The SMILES string of the molecule is CC[C@@H](C)OC(=O)CN1C(=O)S/C(=C/c2cc(I)c(OCc3ccccc3C#N)c(OC)c2)C1=O. The number of methoxy groups -OCH3 is 1. The molecule has 3 rings (SSSR count). The number of benzene rings is 2. The lowest BCUT2D eigenvalue weighted by molar-refractivity contribution is -0.150. The Hall–Kier alpha value is -3.04. The fourth-order valence-corrected chi connectivity index (χ4v) is 4.75. The van der Waals surface area contributed by atoms with Gasteiger partial charge in [0.1, 0.15) is 13.2 Å². The van der Waals surface area contributed by atoms with E-state index in [4.69, 9.17) is 14.2 Å². The fourth-order valence-electron chi connectivity index (χ4n) is 3.13. The third-order valence-corrected chi connectivity index (χ3v) is 6.84. The van der Waals surface area contributed by atoms with Crippen molar-refractivity contribution in [1.82, 2.24) is 4.90 Å². The van der Waals surface area contributed by atoms with Crippen LogP contribution in [0.1, 0.15) is 37.0 Å². The van der Waals surface area contributed by atoms with Crippen LogP contribution in [0.2, 0.25) is 0 Å². The van der Waals surface area contributed by atoms with Crippen molar-refractivity contribution in [3.8, 4) is 17.6 Å². The van der Waals surface area contributed by atoms with E-state index in [1.165, 1.54) is 7.11 Å². The number of hydrogen-bond donors (Lipinski definition) is 0. The highest BCUT2D eigenvalue weighted by atomic mass is 127. The molecule has 1 heterocycles. The number of nitriles is 1. The maximum Gasteiger partial charge on any atom is 0.326 e.